The number of aromatic nitrogens is 5. The number of carbonyl (C=O) groups excluding carboxylic acids is 1. The third-order valence-electron chi connectivity index (χ3n) is 7.05. The number of fused-ring (bicyclic) bond motifs is 2. The Hall–Kier alpha value is -3.61. The van der Waals surface area contributed by atoms with Gasteiger partial charge in [0.05, 0.1) is 48.9 Å². The summed E-state index contributed by atoms with van der Waals surface area (Å²) in [6.07, 6.45) is -1.06. The molecule has 3 aromatic heterocycles. The molecule has 5 heterocycles. The number of hydrogen-bond acceptors (Lipinski definition) is 6. The van der Waals surface area contributed by atoms with Crippen molar-refractivity contribution in [3.8, 4) is 11.3 Å². The number of likely N-dealkylation sites (tertiary alicyclic amines) is 1. The summed E-state index contributed by atoms with van der Waals surface area (Å²) < 4.78 is 49.7. The Bertz CT molecular complexity index is 1320. The van der Waals surface area contributed by atoms with Crippen LogP contribution < -0.4 is 11.1 Å². The fraction of sp³-hybridized carbons (Fsp3) is 0.478. The predicted molar refractivity (Wildman–Crippen MR) is 124 cm³/mol. The number of nitrogen functional groups attached to an aromatic ring is 1. The zero-order valence-corrected chi connectivity index (χ0v) is 20.1. The second-order valence-corrected chi connectivity index (χ2v) is 9.29. The summed E-state index contributed by atoms with van der Waals surface area (Å²) in [5, 5.41) is 11.8. The van der Waals surface area contributed by atoms with E-state index >= 15 is 0 Å². The third-order valence-corrected chi connectivity index (χ3v) is 7.05. The second-order valence-electron chi connectivity index (χ2n) is 9.29. The van der Waals surface area contributed by atoms with Crippen molar-refractivity contribution in [3.05, 3.63) is 47.0 Å². The first-order valence-electron chi connectivity index (χ1n) is 11.6. The van der Waals surface area contributed by atoms with Gasteiger partial charge in [-0.3, -0.25) is 9.36 Å². The van der Waals surface area contributed by atoms with Gasteiger partial charge in [-0.2, -0.15) is 23.4 Å². The zero-order chi connectivity index (χ0) is 25.8. The molecule has 3 N–H and O–H groups in total. The summed E-state index contributed by atoms with van der Waals surface area (Å²) in [7, 11) is 1.85. The van der Waals surface area contributed by atoms with Crippen LogP contribution in [0.3, 0.4) is 0 Å². The third kappa shape index (κ3) is 4.06. The van der Waals surface area contributed by atoms with E-state index in [0.29, 0.717) is 38.4 Å². The van der Waals surface area contributed by atoms with E-state index in [1.54, 1.807) is 26.5 Å². The molecule has 1 fully saturated rings. The summed E-state index contributed by atoms with van der Waals surface area (Å²) in [5.41, 5.74) is 6.84. The van der Waals surface area contributed by atoms with Crippen molar-refractivity contribution in [3.63, 3.8) is 0 Å². The number of nitrogens with two attached hydrogens (primary N) is 1. The van der Waals surface area contributed by atoms with E-state index < -0.39 is 23.2 Å². The van der Waals surface area contributed by atoms with Gasteiger partial charge >= 0.3 is 12.2 Å². The van der Waals surface area contributed by atoms with E-state index in [2.05, 4.69) is 20.5 Å². The maximum atomic E-state index is 13.3. The molecule has 1 unspecified atom stereocenters. The van der Waals surface area contributed by atoms with Crippen LogP contribution in [-0.2, 0) is 30.1 Å². The van der Waals surface area contributed by atoms with Crippen molar-refractivity contribution in [2.75, 3.05) is 25.4 Å². The molecule has 0 bridgehead atoms. The molecule has 3 aromatic rings. The van der Waals surface area contributed by atoms with Crippen LogP contribution in [0.5, 0.6) is 0 Å². The largest absolute Gasteiger partial charge is 0.419 e. The Balaban J connectivity index is 1.37. The second kappa shape index (κ2) is 8.50. The summed E-state index contributed by atoms with van der Waals surface area (Å²) >= 11 is 0. The van der Waals surface area contributed by atoms with Crippen molar-refractivity contribution in [2.45, 2.75) is 44.6 Å². The normalized spacial score (nSPS) is 20.6. The lowest BCUT2D eigenvalue weighted by Gasteiger charge is -2.34. The van der Waals surface area contributed by atoms with E-state index in [1.165, 1.54) is 6.20 Å². The monoisotopic (exact) mass is 504 g/mol. The van der Waals surface area contributed by atoms with Crippen molar-refractivity contribution in [1.82, 2.24) is 34.8 Å². The van der Waals surface area contributed by atoms with Crippen LogP contribution in [0.4, 0.5) is 23.8 Å². The van der Waals surface area contributed by atoms with Crippen LogP contribution in [0, 0.1) is 6.92 Å². The molecule has 1 spiro atoms. The quantitative estimate of drug-likeness (QED) is 0.567. The fourth-order valence-corrected chi connectivity index (χ4v) is 4.92. The first-order valence-corrected chi connectivity index (χ1v) is 11.6. The first-order chi connectivity index (χ1) is 17.0. The number of rotatable bonds is 3. The molecule has 36 heavy (non-hydrogen) atoms. The van der Waals surface area contributed by atoms with Crippen LogP contribution in [-0.4, -0.2) is 55.2 Å². The molecule has 10 nitrogen and oxygen atoms in total. The number of carbonyl (C=O) groups is 1. The number of ether oxygens (including phenoxy) is 1. The van der Waals surface area contributed by atoms with E-state index in [4.69, 9.17) is 10.5 Å². The van der Waals surface area contributed by atoms with E-state index in [0.717, 1.165) is 23.0 Å². The topological polar surface area (TPSA) is 116 Å². The van der Waals surface area contributed by atoms with Gasteiger partial charge in [-0.15, -0.1) is 0 Å². The number of urea groups is 1. The van der Waals surface area contributed by atoms with Gasteiger partial charge in [0.15, 0.2) is 0 Å². The number of anilines is 1. The molecule has 0 radical (unpaired) electrons. The highest BCUT2D eigenvalue weighted by atomic mass is 19.4. The van der Waals surface area contributed by atoms with Gasteiger partial charge < -0.3 is 20.7 Å². The van der Waals surface area contributed by atoms with Crippen LogP contribution >= 0.6 is 0 Å². The van der Waals surface area contributed by atoms with Crippen LogP contribution in [0.1, 0.15) is 41.9 Å². The summed E-state index contributed by atoms with van der Waals surface area (Å²) in [6.45, 7) is 5.45. The Morgan fingerprint density at radius 1 is 1.28 bits per heavy atom. The Kier molecular flexibility index (Phi) is 5.69. The minimum atomic E-state index is -4.62. The SMILES string of the molecule is Cc1c(C(C)NC(=O)N2CC[C@]3(C2)OCCn2nc(-c4cnc(N)c(C(F)(F)F)c4)cc23)cnn1C. The van der Waals surface area contributed by atoms with Gasteiger partial charge in [0.25, 0.3) is 0 Å². The van der Waals surface area contributed by atoms with Crippen molar-refractivity contribution in [1.29, 1.82) is 0 Å². The number of aryl methyl sites for hydroxylation is 1. The lowest BCUT2D eigenvalue weighted by Crippen LogP contribution is -2.44. The average Bonchev–Trinajstić information content (AvgIpc) is 3.52. The molecule has 0 aliphatic carbocycles. The van der Waals surface area contributed by atoms with Crippen LogP contribution in [0.25, 0.3) is 11.3 Å². The van der Waals surface area contributed by atoms with Gasteiger partial charge in [0.2, 0.25) is 0 Å². The number of alkyl halides is 3. The molecule has 2 atom stereocenters. The highest BCUT2D eigenvalue weighted by molar-refractivity contribution is 5.75. The average molecular weight is 505 g/mol. The maximum Gasteiger partial charge on any atom is 0.419 e. The molecule has 0 saturated carbocycles. The molecule has 5 rings (SSSR count). The van der Waals surface area contributed by atoms with Crippen molar-refractivity contribution >= 4 is 11.8 Å². The van der Waals surface area contributed by atoms with Crippen molar-refractivity contribution < 1.29 is 22.7 Å². The van der Waals surface area contributed by atoms with E-state index in [9.17, 15) is 18.0 Å². The molecular weight excluding hydrogens is 477 g/mol. The molecule has 13 heteroatoms. The molecule has 1 saturated heterocycles. The minimum Gasteiger partial charge on any atom is -0.383 e. The number of halogens is 3. The Labute approximate surface area is 205 Å². The highest BCUT2D eigenvalue weighted by Gasteiger charge is 2.47. The zero-order valence-electron chi connectivity index (χ0n) is 20.1. The lowest BCUT2D eigenvalue weighted by molar-refractivity contribution is -0.137. The Morgan fingerprint density at radius 2 is 2.06 bits per heavy atom. The fourth-order valence-electron chi connectivity index (χ4n) is 4.92. The molecule has 2 aliphatic rings. The maximum absolute atomic E-state index is 13.3. The molecule has 2 amide bonds. The van der Waals surface area contributed by atoms with E-state index in [1.807, 2.05) is 20.9 Å². The Morgan fingerprint density at radius 3 is 2.75 bits per heavy atom. The molecule has 0 aromatic carbocycles. The molecule has 2 aliphatic heterocycles. The van der Waals surface area contributed by atoms with Crippen molar-refractivity contribution in [2.24, 2.45) is 7.05 Å². The molecular formula is C23H27F3N8O2. The number of amides is 2. The van der Waals surface area contributed by atoms with Crippen LogP contribution in [0.2, 0.25) is 0 Å². The first kappa shape index (κ1) is 24.1. The van der Waals surface area contributed by atoms with Gasteiger partial charge in [-0.05, 0) is 26.0 Å². The smallest absolute Gasteiger partial charge is 0.383 e. The van der Waals surface area contributed by atoms with Gasteiger partial charge in [0, 0.05) is 43.0 Å². The van der Waals surface area contributed by atoms with Gasteiger partial charge in [-0.25, -0.2) is 9.78 Å². The lowest BCUT2D eigenvalue weighted by atomic mass is 9.96. The van der Waals surface area contributed by atoms with Gasteiger partial charge in [-0.1, -0.05) is 0 Å². The van der Waals surface area contributed by atoms with Gasteiger partial charge in [0.1, 0.15) is 11.4 Å². The minimum absolute atomic E-state index is 0.210. The number of nitrogens with zero attached hydrogens (tertiary/aromatic N) is 6. The van der Waals surface area contributed by atoms with Crippen LogP contribution in [0.15, 0.2) is 24.5 Å². The highest BCUT2D eigenvalue weighted by Crippen LogP contribution is 2.41. The summed E-state index contributed by atoms with van der Waals surface area (Å²) in [4.78, 5) is 18.5. The molecule has 192 valence electrons. The number of nitrogens with one attached hydrogen (secondary N) is 1. The summed E-state index contributed by atoms with van der Waals surface area (Å²) in [5.74, 6) is -0.580. The predicted octanol–water partition coefficient (Wildman–Crippen LogP) is 2.99. The standard InChI is InChI=1S/C23H27F3N8O2/c1-13(16-11-29-32(3)14(16)2)30-21(35)33-5-4-22(12-33)19-9-18(31-34(19)6-7-36-22)15-8-17(23(24,25)26)20(27)28-10-15/h8-11,13H,4-7,12H2,1-3H3,(H2,27,28)(H,30,35)/t13?,22-/m1/s1. The summed E-state index contributed by atoms with van der Waals surface area (Å²) in [6, 6.07) is 2.23. The number of hydrogen-bond donors (Lipinski definition) is 2. The number of pyridine rings is 1. The van der Waals surface area contributed by atoms with E-state index in [-0.39, 0.29) is 17.6 Å².